The molecule has 0 aliphatic rings. The molecule has 0 N–H and O–H groups in total. The molecule has 0 radical (unpaired) electrons. The fourth-order valence-corrected chi connectivity index (χ4v) is 4.15. The average Bonchev–Trinajstić information content (AvgIpc) is 2.42. The Kier molecular flexibility index (Phi) is 14.6. The molecule has 0 spiro atoms. The summed E-state index contributed by atoms with van der Waals surface area (Å²) in [5.74, 6) is 1.52. The molecule has 22 heavy (non-hydrogen) atoms. The first-order valence-electron chi connectivity index (χ1n) is 9.61. The van der Waals surface area contributed by atoms with E-state index >= 15 is 0 Å². The summed E-state index contributed by atoms with van der Waals surface area (Å²) < 4.78 is 0.129. The maximum Gasteiger partial charge on any atom is 0.131 e. The molecule has 0 aromatic heterocycles. The van der Waals surface area contributed by atoms with Gasteiger partial charge < -0.3 is 0 Å². The van der Waals surface area contributed by atoms with Gasteiger partial charge in [0, 0.05) is 11.2 Å². The zero-order chi connectivity index (χ0) is 16.7. The Labute approximate surface area is 144 Å². The van der Waals surface area contributed by atoms with E-state index in [0.717, 1.165) is 0 Å². The molecule has 0 heterocycles. The summed E-state index contributed by atoms with van der Waals surface area (Å²) in [5.41, 5.74) is 0. The predicted octanol–water partition coefficient (Wildman–Crippen LogP) is 7.18. The van der Waals surface area contributed by atoms with E-state index in [1.54, 1.807) is 6.92 Å². The van der Waals surface area contributed by atoms with Gasteiger partial charge in [-0.05, 0) is 19.1 Å². The highest BCUT2D eigenvalue weighted by Gasteiger charge is 2.19. The fourth-order valence-electron chi connectivity index (χ4n) is 2.94. The van der Waals surface area contributed by atoms with Gasteiger partial charge in [0.1, 0.15) is 5.78 Å². The molecule has 0 aromatic rings. The summed E-state index contributed by atoms with van der Waals surface area (Å²) >= 11 is 1.97. The van der Waals surface area contributed by atoms with Crippen molar-refractivity contribution in [1.29, 1.82) is 0 Å². The van der Waals surface area contributed by atoms with Gasteiger partial charge in [0.05, 0.1) is 0 Å². The Morgan fingerprint density at radius 3 is 1.59 bits per heavy atom. The van der Waals surface area contributed by atoms with Crippen molar-refractivity contribution in [3.8, 4) is 0 Å². The summed E-state index contributed by atoms with van der Waals surface area (Å²) in [7, 11) is 0. The van der Waals surface area contributed by atoms with Crippen LogP contribution < -0.4 is 0 Å². The topological polar surface area (TPSA) is 17.1 Å². The Morgan fingerprint density at radius 1 is 0.773 bits per heavy atom. The minimum Gasteiger partial charge on any atom is -0.300 e. The van der Waals surface area contributed by atoms with Crippen molar-refractivity contribution in [2.45, 2.75) is 116 Å². The SMILES string of the molecule is CCCCCCCCCCCCCCSC(C)(C)CC(C)=O. The first-order valence-corrected chi connectivity index (χ1v) is 10.6. The van der Waals surface area contributed by atoms with E-state index in [4.69, 9.17) is 0 Å². The Balaban J connectivity index is 3.22. The van der Waals surface area contributed by atoms with Crippen LogP contribution in [-0.2, 0) is 4.79 Å². The van der Waals surface area contributed by atoms with Crippen molar-refractivity contribution < 1.29 is 4.79 Å². The standard InChI is InChI=1S/C20H40OS/c1-5-6-7-8-9-10-11-12-13-14-15-16-17-22-20(3,4)18-19(2)21/h5-18H2,1-4H3. The Hall–Kier alpha value is 0.0200. The molecule has 0 bridgehead atoms. The zero-order valence-electron chi connectivity index (χ0n) is 15.7. The van der Waals surface area contributed by atoms with Crippen molar-refractivity contribution in [1.82, 2.24) is 0 Å². The highest BCUT2D eigenvalue weighted by atomic mass is 32.2. The van der Waals surface area contributed by atoms with Crippen LogP contribution in [0.4, 0.5) is 0 Å². The molecule has 132 valence electrons. The molecule has 0 amide bonds. The number of carbonyl (C=O) groups excluding carboxylic acids is 1. The summed E-state index contributed by atoms with van der Waals surface area (Å²) in [6, 6.07) is 0. The van der Waals surface area contributed by atoms with E-state index in [1.807, 2.05) is 11.8 Å². The summed E-state index contributed by atoms with van der Waals surface area (Å²) in [4.78, 5) is 11.2. The molecule has 0 atom stereocenters. The maximum absolute atomic E-state index is 11.2. The van der Waals surface area contributed by atoms with Crippen molar-refractivity contribution in [3.05, 3.63) is 0 Å². The van der Waals surface area contributed by atoms with Crippen molar-refractivity contribution in [2.24, 2.45) is 0 Å². The van der Waals surface area contributed by atoms with E-state index in [-0.39, 0.29) is 4.75 Å². The molecular weight excluding hydrogens is 288 g/mol. The quantitative estimate of drug-likeness (QED) is 0.279. The van der Waals surface area contributed by atoms with E-state index < -0.39 is 0 Å². The lowest BCUT2D eigenvalue weighted by atomic mass is 10.1. The van der Waals surface area contributed by atoms with E-state index in [2.05, 4.69) is 20.8 Å². The van der Waals surface area contributed by atoms with Crippen LogP contribution in [-0.4, -0.2) is 16.3 Å². The smallest absolute Gasteiger partial charge is 0.131 e. The van der Waals surface area contributed by atoms with Gasteiger partial charge in [0.15, 0.2) is 0 Å². The van der Waals surface area contributed by atoms with Gasteiger partial charge in [-0.2, -0.15) is 11.8 Å². The van der Waals surface area contributed by atoms with Gasteiger partial charge >= 0.3 is 0 Å². The molecule has 0 unspecified atom stereocenters. The van der Waals surface area contributed by atoms with Gasteiger partial charge in [-0.1, -0.05) is 91.4 Å². The Bertz CT molecular complexity index is 260. The molecule has 2 heteroatoms. The fraction of sp³-hybridized carbons (Fsp3) is 0.950. The van der Waals surface area contributed by atoms with Crippen LogP contribution in [0.2, 0.25) is 0 Å². The molecule has 0 aromatic carbocycles. The summed E-state index contributed by atoms with van der Waals surface area (Å²) in [5, 5.41) is 0. The number of hydrogen-bond donors (Lipinski definition) is 0. The number of ketones is 1. The molecule has 0 rings (SSSR count). The van der Waals surface area contributed by atoms with Gasteiger partial charge in [0.2, 0.25) is 0 Å². The lowest BCUT2D eigenvalue weighted by Gasteiger charge is -2.22. The van der Waals surface area contributed by atoms with Crippen LogP contribution in [0.3, 0.4) is 0 Å². The molecule has 1 nitrogen and oxygen atoms in total. The monoisotopic (exact) mass is 328 g/mol. The predicted molar refractivity (Wildman–Crippen MR) is 103 cm³/mol. The van der Waals surface area contributed by atoms with E-state index in [9.17, 15) is 4.79 Å². The van der Waals surface area contributed by atoms with Crippen LogP contribution in [0.15, 0.2) is 0 Å². The minimum absolute atomic E-state index is 0.129. The molecule has 0 saturated heterocycles. The van der Waals surface area contributed by atoms with Crippen LogP contribution >= 0.6 is 11.8 Å². The number of unbranched alkanes of at least 4 members (excludes halogenated alkanes) is 11. The van der Waals surface area contributed by atoms with Gasteiger partial charge in [-0.25, -0.2) is 0 Å². The molecule has 0 saturated carbocycles. The number of carbonyl (C=O) groups is 1. The van der Waals surface area contributed by atoms with E-state index in [1.165, 1.54) is 82.8 Å². The second-order valence-corrected chi connectivity index (χ2v) is 9.18. The average molecular weight is 329 g/mol. The zero-order valence-corrected chi connectivity index (χ0v) is 16.5. The van der Waals surface area contributed by atoms with Gasteiger partial charge in [0.25, 0.3) is 0 Å². The maximum atomic E-state index is 11.2. The first-order chi connectivity index (χ1) is 10.5. The van der Waals surface area contributed by atoms with Gasteiger partial charge in [-0.15, -0.1) is 0 Å². The molecule has 0 fully saturated rings. The van der Waals surface area contributed by atoms with Crippen LogP contribution in [0.1, 0.15) is 111 Å². The summed E-state index contributed by atoms with van der Waals surface area (Å²) in [6.07, 6.45) is 17.6. The lowest BCUT2D eigenvalue weighted by molar-refractivity contribution is -0.117. The highest BCUT2D eigenvalue weighted by molar-refractivity contribution is 8.00. The van der Waals surface area contributed by atoms with Crippen LogP contribution in [0, 0.1) is 0 Å². The number of Topliss-reactive ketones (excluding diaryl/α,β-unsaturated/α-hetero) is 1. The molecular formula is C20H40OS. The number of hydrogen-bond acceptors (Lipinski definition) is 2. The third-order valence-electron chi connectivity index (χ3n) is 4.17. The second kappa shape index (κ2) is 14.6. The third kappa shape index (κ3) is 16.4. The second-order valence-electron chi connectivity index (χ2n) is 7.38. The summed E-state index contributed by atoms with van der Waals surface area (Å²) in [6.45, 7) is 8.37. The number of thioether (sulfide) groups is 1. The van der Waals surface area contributed by atoms with Gasteiger partial charge in [-0.3, -0.25) is 4.79 Å². The van der Waals surface area contributed by atoms with E-state index in [0.29, 0.717) is 12.2 Å². The molecule has 0 aliphatic carbocycles. The van der Waals surface area contributed by atoms with Crippen molar-refractivity contribution in [2.75, 3.05) is 5.75 Å². The number of rotatable bonds is 16. The lowest BCUT2D eigenvalue weighted by Crippen LogP contribution is -2.19. The Morgan fingerprint density at radius 2 is 1.18 bits per heavy atom. The highest BCUT2D eigenvalue weighted by Crippen LogP contribution is 2.29. The third-order valence-corrected chi connectivity index (χ3v) is 5.58. The minimum atomic E-state index is 0.129. The van der Waals surface area contributed by atoms with Crippen molar-refractivity contribution in [3.63, 3.8) is 0 Å². The first kappa shape index (κ1) is 22.0. The van der Waals surface area contributed by atoms with Crippen LogP contribution in [0.5, 0.6) is 0 Å². The van der Waals surface area contributed by atoms with Crippen LogP contribution in [0.25, 0.3) is 0 Å². The normalized spacial score (nSPS) is 11.8. The van der Waals surface area contributed by atoms with Crippen molar-refractivity contribution >= 4 is 17.5 Å². The molecule has 0 aliphatic heterocycles. The largest absolute Gasteiger partial charge is 0.300 e.